The Kier molecular flexibility index (Phi) is 7.97. The van der Waals surface area contributed by atoms with Crippen LogP contribution in [0.5, 0.6) is 6.01 Å². The summed E-state index contributed by atoms with van der Waals surface area (Å²) in [4.78, 5) is 46.3. The standard InChI is InChI=1S/C21H25N5O7/c1-3-30-7-8-31-20-24-18(22)17-19(25-20)26(21(29)23-17)11-15-6-4-5-14(9-15)10-16(28)33-12-32-13(2)27/h4-6,9H,3,7-8,10-12H2,1-2H3,(H,23,29)(H2,22,24,25). The van der Waals surface area contributed by atoms with E-state index in [1.807, 2.05) is 13.0 Å². The van der Waals surface area contributed by atoms with Crippen molar-refractivity contribution in [3.8, 4) is 6.01 Å². The van der Waals surface area contributed by atoms with Crippen LogP contribution in [-0.4, -0.2) is 58.1 Å². The van der Waals surface area contributed by atoms with Crippen LogP contribution in [0.2, 0.25) is 0 Å². The van der Waals surface area contributed by atoms with Crippen molar-refractivity contribution in [3.63, 3.8) is 0 Å². The topological polar surface area (TPSA) is 161 Å². The number of nitrogens with one attached hydrogen (secondary N) is 1. The van der Waals surface area contributed by atoms with E-state index >= 15 is 0 Å². The number of aromatic nitrogens is 4. The Morgan fingerprint density at radius 1 is 1.15 bits per heavy atom. The number of carbonyl (C=O) groups is 2. The van der Waals surface area contributed by atoms with Gasteiger partial charge in [-0.25, -0.2) is 4.79 Å². The van der Waals surface area contributed by atoms with Gasteiger partial charge in [0, 0.05) is 13.5 Å². The molecule has 0 aliphatic carbocycles. The number of esters is 2. The second kappa shape index (κ2) is 11.1. The minimum absolute atomic E-state index is 0.0230. The number of imidazole rings is 1. The molecule has 0 aliphatic heterocycles. The Morgan fingerprint density at radius 3 is 2.70 bits per heavy atom. The van der Waals surface area contributed by atoms with Gasteiger partial charge in [-0.1, -0.05) is 24.3 Å². The number of anilines is 1. The van der Waals surface area contributed by atoms with Crippen molar-refractivity contribution < 1.29 is 28.5 Å². The van der Waals surface area contributed by atoms with Crippen LogP contribution in [0.3, 0.4) is 0 Å². The van der Waals surface area contributed by atoms with Crippen molar-refractivity contribution in [1.29, 1.82) is 0 Å². The summed E-state index contributed by atoms with van der Waals surface area (Å²) in [5.74, 6) is -1.00. The first-order chi connectivity index (χ1) is 15.9. The minimum atomic E-state index is -0.549. The number of fused-ring (bicyclic) bond motifs is 1. The number of nitrogens with zero attached hydrogens (tertiary/aromatic N) is 3. The quantitative estimate of drug-likeness (QED) is 0.238. The third kappa shape index (κ3) is 6.53. The Balaban J connectivity index is 1.76. The van der Waals surface area contributed by atoms with Gasteiger partial charge in [0.2, 0.25) is 6.79 Å². The summed E-state index contributed by atoms with van der Waals surface area (Å²) >= 11 is 0. The van der Waals surface area contributed by atoms with Gasteiger partial charge in [0.05, 0.1) is 19.6 Å². The Labute approximate surface area is 188 Å². The van der Waals surface area contributed by atoms with E-state index in [4.69, 9.17) is 19.9 Å². The second-order valence-corrected chi connectivity index (χ2v) is 6.92. The lowest BCUT2D eigenvalue weighted by Crippen LogP contribution is -2.18. The molecule has 0 radical (unpaired) electrons. The number of hydrogen-bond acceptors (Lipinski definition) is 10. The molecule has 3 aromatic rings. The monoisotopic (exact) mass is 459 g/mol. The van der Waals surface area contributed by atoms with Gasteiger partial charge in [0.25, 0.3) is 0 Å². The maximum Gasteiger partial charge on any atom is 0.328 e. The Morgan fingerprint density at radius 2 is 1.94 bits per heavy atom. The maximum absolute atomic E-state index is 12.5. The van der Waals surface area contributed by atoms with E-state index in [1.54, 1.807) is 18.2 Å². The van der Waals surface area contributed by atoms with Crippen molar-refractivity contribution >= 4 is 28.9 Å². The molecule has 0 fully saturated rings. The first kappa shape index (κ1) is 23.7. The van der Waals surface area contributed by atoms with Crippen LogP contribution in [0.15, 0.2) is 29.1 Å². The van der Waals surface area contributed by atoms with Crippen LogP contribution < -0.4 is 16.2 Å². The molecule has 2 heterocycles. The van der Waals surface area contributed by atoms with Crippen molar-refractivity contribution in [3.05, 3.63) is 45.9 Å². The molecule has 2 aromatic heterocycles. The first-order valence-corrected chi connectivity index (χ1v) is 10.2. The van der Waals surface area contributed by atoms with Crippen molar-refractivity contribution in [1.82, 2.24) is 19.5 Å². The molecule has 0 aliphatic rings. The summed E-state index contributed by atoms with van der Waals surface area (Å²) in [6.45, 7) is 4.00. The van der Waals surface area contributed by atoms with E-state index in [0.717, 1.165) is 5.56 Å². The number of rotatable bonds is 11. The summed E-state index contributed by atoms with van der Waals surface area (Å²) in [6.07, 6.45) is -0.0230. The largest absolute Gasteiger partial charge is 0.461 e. The van der Waals surface area contributed by atoms with E-state index in [9.17, 15) is 14.4 Å². The van der Waals surface area contributed by atoms with E-state index in [-0.39, 0.29) is 31.4 Å². The molecule has 12 nitrogen and oxygen atoms in total. The molecular weight excluding hydrogens is 434 g/mol. The lowest BCUT2D eigenvalue weighted by atomic mass is 10.1. The molecule has 3 rings (SSSR count). The van der Waals surface area contributed by atoms with E-state index in [1.165, 1.54) is 11.5 Å². The molecule has 0 spiro atoms. The van der Waals surface area contributed by atoms with Crippen LogP contribution in [0, 0.1) is 0 Å². The summed E-state index contributed by atoms with van der Waals surface area (Å²) in [5.41, 5.74) is 7.58. The molecule has 0 saturated carbocycles. The highest BCUT2D eigenvalue weighted by molar-refractivity contribution is 5.82. The van der Waals surface area contributed by atoms with Gasteiger partial charge in [-0.15, -0.1) is 0 Å². The van der Waals surface area contributed by atoms with Crippen LogP contribution in [-0.2, 0) is 36.8 Å². The fraction of sp³-hybridized carbons (Fsp3) is 0.381. The highest BCUT2D eigenvalue weighted by Crippen LogP contribution is 2.19. The number of nitrogens with two attached hydrogens (primary N) is 1. The van der Waals surface area contributed by atoms with E-state index in [0.29, 0.717) is 29.9 Å². The number of aromatic amines is 1. The number of benzene rings is 1. The molecule has 3 N–H and O–H groups in total. The highest BCUT2D eigenvalue weighted by atomic mass is 16.7. The lowest BCUT2D eigenvalue weighted by molar-refractivity contribution is -0.165. The zero-order chi connectivity index (χ0) is 23.8. The number of H-pyrrole nitrogens is 1. The summed E-state index contributed by atoms with van der Waals surface area (Å²) in [5, 5.41) is 0. The molecule has 0 atom stereocenters. The smallest absolute Gasteiger partial charge is 0.328 e. The fourth-order valence-electron chi connectivity index (χ4n) is 2.99. The van der Waals surface area contributed by atoms with Crippen LogP contribution in [0.25, 0.3) is 11.2 Å². The van der Waals surface area contributed by atoms with Gasteiger partial charge in [-0.05, 0) is 18.1 Å². The zero-order valence-electron chi connectivity index (χ0n) is 18.3. The molecule has 1 aromatic carbocycles. The first-order valence-electron chi connectivity index (χ1n) is 10.2. The molecule has 0 amide bonds. The third-order valence-electron chi connectivity index (χ3n) is 4.46. The number of hydrogen-bond donors (Lipinski definition) is 2. The van der Waals surface area contributed by atoms with Gasteiger partial charge in [-0.3, -0.25) is 14.2 Å². The Bertz CT molecular complexity index is 1190. The van der Waals surface area contributed by atoms with Crippen molar-refractivity contribution in [2.24, 2.45) is 0 Å². The van der Waals surface area contributed by atoms with E-state index in [2.05, 4.69) is 19.7 Å². The SMILES string of the molecule is CCOCCOc1nc(N)c2[nH]c(=O)n(Cc3cccc(CC(=O)OCOC(C)=O)c3)c2n1. The molecule has 12 heteroatoms. The van der Waals surface area contributed by atoms with Crippen LogP contribution >= 0.6 is 0 Å². The summed E-state index contributed by atoms with van der Waals surface area (Å²) in [7, 11) is 0. The number of ether oxygens (including phenoxy) is 4. The molecule has 0 saturated heterocycles. The van der Waals surface area contributed by atoms with Gasteiger partial charge in [0.1, 0.15) is 12.1 Å². The molecule has 0 unspecified atom stereocenters. The summed E-state index contributed by atoms with van der Waals surface area (Å²) in [6, 6.07) is 7.12. The molecular formula is C21H25N5O7. The predicted molar refractivity (Wildman–Crippen MR) is 117 cm³/mol. The zero-order valence-corrected chi connectivity index (χ0v) is 18.3. The molecule has 176 valence electrons. The normalized spacial score (nSPS) is 10.8. The van der Waals surface area contributed by atoms with Crippen molar-refractivity contribution in [2.75, 3.05) is 32.3 Å². The predicted octanol–water partition coefficient (Wildman–Crippen LogP) is 0.772. The Hall–Kier alpha value is -3.93. The maximum atomic E-state index is 12.5. The van der Waals surface area contributed by atoms with E-state index < -0.39 is 24.4 Å². The minimum Gasteiger partial charge on any atom is -0.461 e. The fourth-order valence-corrected chi connectivity index (χ4v) is 2.99. The highest BCUT2D eigenvalue weighted by Gasteiger charge is 2.15. The van der Waals surface area contributed by atoms with Crippen molar-refractivity contribution in [2.45, 2.75) is 26.8 Å². The molecule has 0 bridgehead atoms. The number of carbonyl (C=O) groups excluding carboxylic acids is 2. The van der Waals surface area contributed by atoms with Crippen LogP contribution in [0.1, 0.15) is 25.0 Å². The molecule has 33 heavy (non-hydrogen) atoms. The van der Waals surface area contributed by atoms with Gasteiger partial charge in [0.15, 0.2) is 11.5 Å². The third-order valence-corrected chi connectivity index (χ3v) is 4.46. The van der Waals surface area contributed by atoms with Crippen LogP contribution in [0.4, 0.5) is 5.82 Å². The van der Waals surface area contributed by atoms with Gasteiger partial charge >= 0.3 is 23.6 Å². The average Bonchev–Trinajstić information content (AvgIpc) is 3.07. The second-order valence-electron chi connectivity index (χ2n) is 6.92. The van der Waals surface area contributed by atoms with Gasteiger partial charge in [-0.2, -0.15) is 9.97 Å². The lowest BCUT2D eigenvalue weighted by Gasteiger charge is -2.08. The number of nitrogen functional groups attached to an aromatic ring is 1. The summed E-state index contributed by atoms with van der Waals surface area (Å²) < 4.78 is 21.6. The van der Waals surface area contributed by atoms with Gasteiger partial charge < -0.3 is 29.7 Å². The average molecular weight is 459 g/mol.